The van der Waals surface area contributed by atoms with Gasteiger partial charge in [-0.2, -0.15) is 0 Å². The van der Waals surface area contributed by atoms with Crippen LogP contribution in [0.4, 0.5) is 0 Å². The van der Waals surface area contributed by atoms with E-state index in [-0.39, 0.29) is 67.4 Å². The molecule has 2 unspecified atom stereocenters. The quantitative estimate of drug-likeness (QED) is 0.342. The molecule has 0 aromatic heterocycles. The van der Waals surface area contributed by atoms with E-state index in [9.17, 15) is 19.2 Å². The molecule has 0 spiro atoms. The third-order valence-corrected chi connectivity index (χ3v) is 7.18. The molecular weight excluding hydrogens is 492 g/mol. The lowest BCUT2D eigenvalue weighted by Crippen LogP contribution is -2.58. The fourth-order valence-corrected chi connectivity index (χ4v) is 5.26. The number of ether oxygens (including phenoxy) is 2. The number of nitrogens with one attached hydrogen (secondary N) is 1. The Bertz CT molecular complexity index is 1360. The van der Waals surface area contributed by atoms with Gasteiger partial charge in [-0.1, -0.05) is 34.7 Å². The van der Waals surface area contributed by atoms with Crippen LogP contribution < -0.4 is 21.0 Å². The van der Waals surface area contributed by atoms with Crippen LogP contribution in [0.25, 0.3) is 0 Å². The number of morpholine rings is 1. The average molecular weight is 513 g/mol. The first-order valence-electron chi connectivity index (χ1n) is 12.3. The number of hydrogen-bond acceptors (Lipinski definition) is 6. The van der Waals surface area contributed by atoms with Crippen LogP contribution in [-0.4, -0.2) is 98.5 Å². The molecule has 39 heavy (non-hydrogen) atoms. The molecule has 3 heterocycles. The monoisotopic (exact) mass is 513 g/mol. The Morgan fingerprint density at radius 2 is 1.82 bits per heavy atom. The molecule has 10 radical (unpaired) electrons. The Labute approximate surface area is 232 Å². The molecule has 0 aliphatic carbocycles. The Morgan fingerprint density at radius 1 is 1.10 bits per heavy atom. The summed E-state index contributed by atoms with van der Waals surface area (Å²) in [5, 5.41) is 0.499. The molecule has 1 N–H and O–H groups in total. The third kappa shape index (κ3) is 4.90. The lowest BCUT2D eigenvalue weighted by atomic mass is 9.52. The molecule has 2 fully saturated rings. The van der Waals surface area contributed by atoms with Crippen LogP contribution in [-0.2, 0) is 31.0 Å². The summed E-state index contributed by atoms with van der Waals surface area (Å²) in [4.78, 5) is 52.0. The molecule has 0 bridgehead atoms. The summed E-state index contributed by atoms with van der Waals surface area (Å²) in [6.45, 7) is 0.396. The second-order valence-corrected chi connectivity index (χ2v) is 9.72. The number of amides is 4. The van der Waals surface area contributed by atoms with E-state index in [1.807, 2.05) is 0 Å². The summed E-state index contributed by atoms with van der Waals surface area (Å²) in [6.07, 6.45) is 0.390. The minimum absolute atomic E-state index is 0.114. The number of nitrogens with zero attached hydrogens (tertiary/aromatic N) is 2. The molecule has 3 aliphatic heterocycles. The Hall–Kier alpha value is -3.40. The molecule has 14 heteroatoms. The number of piperidine rings is 1. The highest BCUT2D eigenvalue weighted by molar-refractivity contribution is 6.48. The predicted octanol–water partition coefficient (Wildman–Crippen LogP) is -2.41. The normalized spacial score (nSPS) is 20.6. The molecular formula is C25H20B5N3O6. The number of benzene rings is 2. The second kappa shape index (κ2) is 10.3. The Morgan fingerprint density at radius 3 is 2.49 bits per heavy atom. The zero-order chi connectivity index (χ0) is 28.1. The van der Waals surface area contributed by atoms with Crippen molar-refractivity contribution >= 4 is 73.8 Å². The number of hydrogen-bond donors (Lipinski definition) is 1. The molecule has 3 aliphatic rings. The van der Waals surface area contributed by atoms with Crippen LogP contribution in [0.3, 0.4) is 0 Å². The number of carbonyl (C=O) groups excluding carboxylic acids is 4. The van der Waals surface area contributed by atoms with Crippen LogP contribution in [0.5, 0.6) is 5.75 Å². The minimum atomic E-state index is -1.78. The predicted molar refractivity (Wildman–Crippen MR) is 145 cm³/mol. The summed E-state index contributed by atoms with van der Waals surface area (Å²) in [5.41, 5.74) is 1.75. The van der Waals surface area contributed by atoms with E-state index in [0.717, 1.165) is 0 Å². The minimum Gasteiger partial charge on any atom is -0.496 e. The van der Waals surface area contributed by atoms with Gasteiger partial charge < -0.3 is 19.3 Å². The van der Waals surface area contributed by atoms with E-state index in [4.69, 9.17) is 48.7 Å². The van der Waals surface area contributed by atoms with Crippen molar-refractivity contribution in [3.05, 3.63) is 52.6 Å². The van der Waals surface area contributed by atoms with Crippen molar-refractivity contribution in [2.45, 2.75) is 36.8 Å². The molecule has 186 valence electrons. The van der Waals surface area contributed by atoms with Crippen molar-refractivity contribution < 1.29 is 28.7 Å². The lowest BCUT2D eigenvalue weighted by molar-refractivity contribution is -0.145. The van der Waals surface area contributed by atoms with Gasteiger partial charge in [0.1, 0.15) is 41.9 Å². The van der Waals surface area contributed by atoms with Crippen LogP contribution in [0.1, 0.15) is 45.9 Å². The maximum absolute atomic E-state index is 13.1. The highest BCUT2D eigenvalue weighted by atomic mass is 16.5. The first-order chi connectivity index (χ1) is 18.5. The lowest BCUT2D eigenvalue weighted by Gasteiger charge is -2.44. The summed E-state index contributed by atoms with van der Waals surface area (Å²) >= 11 is 0. The maximum atomic E-state index is 13.1. The van der Waals surface area contributed by atoms with Gasteiger partial charge in [-0.15, -0.1) is 0 Å². The zero-order valence-electron chi connectivity index (χ0n) is 21.0. The number of carbonyl (C=O) groups is 4. The van der Waals surface area contributed by atoms with Crippen molar-refractivity contribution in [1.82, 2.24) is 15.1 Å². The van der Waals surface area contributed by atoms with Crippen molar-refractivity contribution in [1.29, 1.82) is 0 Å². The van der Waals surface area contributed by atoms with E-state index in [1.54, 1.807) is 18.2 Å². The van der Waals surface area contributed by atoms with E-state index in [1.165, 1.54) is 21.9 Å². The van der Waals surface area contributed by atoms with Gasteiger partial charge in [-0.25, -0.2) is 0 Å². The molecule has 5 rings (SSSR count). The summed E-state index contributed by atoms with van der Waals surface area (Å²) < 4.78 is 11.2. The van der Waals surface area contributed by atoms with Crippen molar-refractivity contribution in [3.63, 3.8) is 0 Å². The van der Waals surface area contributed by atoms with E-state index >= 15 is 0 Å². The standard InChI is InChI=1S/C25H20B5N3O6/c26-15-8-12(9-16(27)21(15)25(29,30)33-6-7-38-11-20(33)35)22(28)39-18-3-1-2-13-14(18)10-32(24(13)37)17-4-5-19(34)31-23(17)36/h1-3,8-9,17,22H,4-7,10-11H2,(H,31,34,36). The topological polar surface area (TPSA) is 105 Å². The van der Waals surface area contributed by atoms with Crippen molar-refractivity contribution in [2.75, 3.05) is 19.8 Å². The van der Waals surface area contributed by atoms with E-state index in [2.05, 4.69) is 5.32 Å². The van der Waals surface area contributed by atoms with Gasteiger partial charge in [0.25, 0.3) is 5.91 Å². The van der Waals surface area contributed by atoms with Gasteiger partial charge in [0.15, 0.2) is 0 Å². The maximum Gasteiger partial charge on any atom is 0.255 e. The summed E-state index contributed by atoms with van der Waals surface area (Å²) in [6, 6.07) is 6.17. The molecule has 0 saturated carbocycles. The van der Waals surface area contributed by atoms with Gasteiger partial charge in [0.2, 0.25) is 17.7 Å². The molecule has 9 nitrogen and oxygen atoms in total. The average Bonchev–Trinajstić information content (AvgIpc) is 3.20. The summed E-state index contributed by atoms with van der Waals surface area (Å²) in [5.74, 6) is -1.26. The number of fused-ring (bicyclic) bond motifs is 1. The molecule has 2 atom stereocenters. The molecule has 4 amide bonds. The first-order valence-corrected chi connectivity index (χ1v) is 12.3. The Kier molecular flexibility index (Phi) is 7.18. The van der Waals surface area contributed by atoms with Crippen LogP contribution in [0, 0.1) is 0 Å². The van der Waals surface area contributed by atoms with Crippen LogP contribution >= 0.6 is 0 Å². The third-order valence-electron chi connectivity index (χ3n) is 7.18. The van der Waals surface area contributed by atoms with Crippen LogP contribution in [0.15, 0.2) is 30.3 Å². The zero-order valence-corrected chi connectivity index (χ0v) is 21.0. The highest BCUT2D eigenvalue weighted by Crippen LogP contribution is 2.35. The smallest absolute Gasteiger partial charge is 0.255 e. The molecule has 2 aromatic rings. The van der Waals surface area contributed by atoms with Gasteiger partial charge in [0.05, 0.1) is 34.8 Å². The van der Waals surface area contributed by atoms with Crippen molar-refractivity contribution in [2.24, 2.45) is 0 Å². The van der Waals surface area contributed by atoms with Gasteiger partial charge in [-0.3, -0.25) is 24.5 Å². The first kappa shape index (κ1) is 27.2. The fraction of sp³-hybridized carbons (Fsp3) is 0.360. The second-order valence-electron chi connectivity index (χ2n) is 9.72. The largest absolute Gasteiger partial charge is 0.496 e. The highest BCUT2D eigenvalue weighted by Gasteiger charge is 2.40. The number of rotatable bonds is 6. The van der Waals surface area contributed by atoms with E-state index < -0.39 is 29.2 Å². The fourth-order valence-electron chi connectivity index (χ4n) is 5.26. The molecule has 2 saturated heterocycles. The number of imide groups is 1. The Balaban J connectivity index is 1.37. The molecule has 2 aromatic carbocycles. The van der Waals surface area contributed by atoms with Gasteiger partial charge in [0, 0.05) is 24.1 Å². The van der Waals surface area contributed by atoms with Gasteiger partial charge >= 0.3 is 0 Å². The van der Waals surface area contributed by atoms with Crippen LogP contribution in [0.2, 0.25) is 0 Å². The van der Waals surface area contributed by atoms with Gasteiger partial charge in [-0.05, 0) is 29.5 Å². The SMILES string of the molecule is [B]c1cc(C([B])Oc2cccc3c2CN(C2CCC(=O)NC2=O)C3=O)cc([B])c1C([B])([B])N1CCOCC1=O. The van der Waals surface area contributed by atoms with E-state index in [0.29, 0.717) is 22.4 Å². The van der Waals surface area contributed by atoms with Crippen molar-refractivity contribution in [3.8, 4) is 5.75 Å². The summed E-state index contributed by atoms with van der Waals surface area (Å²) in [7, 11) is 31.6.